The number of anilines is 1. The standard InChI is InChI=1S/C25H35N3O4S/c1-18-11-13-21(14-12-18)16-27(20(3)24(30)26-25(4,5)6)23(29)17-28(33(7,31)32)22-10-8-9-19(2)15-22/h8-15,20H,16-17H2,1-7H3,(H,26,30)/t20-/m0/s1. The molecule has 0 bridgehead atoms. The van der Waals surface area contributed by atoms with Gasteiger partial charge in [0, 0.05) is 12.1 Å². The molecule has 0 spiro atoms. The topological polar surface area (TPSA) is 86.8 Å². The molecule has 1 N–H and O–H groups in total. The van der Waals surface area contributed by atoms with Crippen LogP contribution in [-0.4, -0.2) is 49.5 Å². The predicted octanol–water partition coefficient (Wildman–Crippen LogP) is 3.40. The van der Waals surface area contributed by atoms with Gasteiger partial charge in [-0.3, -0.25) is 13.9 Å². The van der Waals surface area contributed by atoms with E-state index in [0.29, 0.717) is 5.69 Å². The molecule has 2 aromatic rings. The normalized spacial score (nSPS) is 12.7. The fraction of sp³-hybridized carbons (Fsp3) is 0.440. The van der Waals surface area contributed by atoms with Crippen LogP contribution in [-0.2, 0) is 26.2 Å². The molecular formula is C25H35N3O4S. The van der Waals surface area contributed by atoms with Crippen LogP contribution in [0.4, 0.5) is 5.69 Å². The van der Waals surface area contributed by atoms with E-state index in [1.165, 1.54) is 4.90 Å². The molecule has 180 valence electrons. The molecule has 0 saturated heterocycles. The Hall–Kier alpha value is -2.87. The van der Waals surface area contributed by atoms with Gasteiger partial charge in [0.2, 0.25) is 21.8 Å². The van der Waals surface area contributed by atoms with Crippen molar-refractivity contribution in [2.75, 3.05) is 17.1 Å². The van der Waals surface area contributed by atoms with Crippen molar-refractivity contribution in [3.63, 3.8) is 0 Å². The van der Waals surface area contributed by atoms with Gasteiger partial charge in [0.1, 0.15) is 12.6 Å². The second kappa shape index (κ2) is 10.4. The van der Waals surface area contributed by atoms with Crippen LogP contribution >= 0.6 is 0 Å². The summed E-state index contributed by atoms with van der Waals surface area (Å²) in [5.41, 5.74) is 2.75. The number of aryl methyl sites for hydroxylation is 2. The minimum absolute atomic E-state index is 0.184. The summed E-state index contributed by atoms with van der Waals surface area (Å²) in [7, 11) is -3.73. The van der Waals surface area contributed by atoms with Gasteiger partial charge in [-0.25, -0.2) is 8.42 Å². The third kappa shape index (κ3) is 7.89. The van der Waals surface area contributed by atoms with Crippen molar-refractivity contribution in [3.05, 3.63) is 65.2 Å². The van der Waals surface area contributed by atoms with E-state index in [4.69, 9.17) is 0 Å². The first-order valence-corrected chi connectivity index (χ1v) is 12.7. The monoisotopic (exact) mass is 473 g/mol. The fourth-order valence-electron chi connectivity index (χ4n) is 3.34. The summed E-state index contributed by atoms with van der Waals surface area (Å²) in [5.74, 6) is -0.761. The van der Waals surface area contributed by atoms with Crippen molar-refractivity contribution in [3.8, 4) is 0 Å². The third-order valence-electron chi connectivity index (χ3n) is 5.11. The molecule has 0 radical (unpaired) electrons. The Morgan fingerprint density at radius 1 is 1.00 bits per heavy atom. The van der Waals surface area contributed by atoms with Crippen LogP contribution < -0.4 is 9.62 Å². The summed E-state index contributed by atoms with van der Waals surface area (Å²) >= 11 is 0. The summed E-state index contributed by atoms with van der Waals surface area (Å²) in [6.07, 6.45) is 1.07. The Kier molecular flexibility index (Phi) is 8.30. The number of hydrogen-bond donors (Lipinski definition) is 1. The summed E-state index contributed by atoms with van der Waals surface area (Å²) in [4.78, 5) is 27.8. The minimum Gasteiger partial charge on any atom is -0.350 e. The Labute approximate surface area is 197 Å². The summed E-state index contributed by atoms with van der Waals surface area (Å²) in [6.45, 7) is 10.9. The number of rotatable bonds is 8. The van der Waals surface area contributed by atoms with Crippen molar-refractivity contribution in [1.29, 1.82) is 0 Å². The first kappa shape index (κ1) is 26.4. The fourth-order valence-corrected chi connectivity index (χ4v) is 4.19. The number of benzene rings is 2. The molecule has 0 aromatic heterocycles. The Bertz CT molecular complexity index is 1090. The van der Waals surface area contributed by atoms with Crippen molar-refractivity contribution in [1.82, 2.24) is 10.2 Å². The third-order valence-corrected chi connectivity index (χ3v) is 6.25. The maximum atomic E-state index is 13.5. The number of amides is 2. The van der Waals surface area contributed by atoms with E-state index >= 15 is 0 Å². The first-order valence-electron chi connectivity index (χ1n) is 10.9. The van der Waals surface area contributed by atoms with Gasteiger partial charge in [-0.05, 0) is 64.8 Å². The number of nitrogens with one attached hydrogen (secondary N) is 1. The zero-order chi connectivity index (χ0) is 25.0. The lowest BCUT2D eigenvalue weighted by Gasteiger charge is -2.33. The Morgan fingerprint density at radius 3 is 2.12 bits per heavy atom. The molecule has 0 unspecified atom stereocenters. The van der Waals surface area contributed by atoms with E-state index in [9.17, 15) is 18.0 Å². The minimum atomic E-state index is -3.73. The molecular weight excluding hydrogens is 438 g/mol. The van der Waals surface area contributed by atoms with Crippen molar-refractivity contribution < 1.29 is 18.0 Å². The Morgan fingerprint density at radius 2 is 1.61 bits per heavy atom. The Balaban J connectivity index is 2.39. The average Bonchev–Trinajstić information content (AvgIpc) is 2.68. The van der Waals surface area contributed by atoms with E-state index in [0.717, 1.165) is 27.3 Å². The van der Waals surface area contributed by atoms with Crippen LogP contribution in [0, 0.1) is 13.8 Å². The second-order valence-electron chi connectivity index (χ2n) is 9.53. The zero-order valence-corrected chi connectivity index (χ0v) is 21.4. The average molecular weight is 474 g/mol. The van der Waals surface area contributed by atoms with E-state index in [2.05, 4.69) is 5.32 Å². The van der Waals surface area contributed by atoms with Gasteiger partial charge in [-0.1, -0.05) is 42.0 Å². The number of nitrogens with zero attached hydrogens (tertiary/aromatic N) is 2. The molecule has 2 aromatic carbocycles. The smallest absolute Gasteiger partial charge is 0.244 e. The molecule has 33 heavy (non-hydrogen) atoms. The molecule has 2 amide bonds. The molecule has 0 heterocycles. The molecule has 2 rings (SSSR count). The van der Waals surface area contributed by atoms with Crippen molar-refractivity contribution >= 4 is 27.5 Å². The lowest BCUT2D eigenvalue weighted by atomic mass is 10.1. The quantitative estimate of drug-likeness (QED) is 0.637. The zero-order valence-electron chi connectivity index (χ0n) is 20.5. The summed E-state index contributed by atoms with van der Waals surface area (Å²) in [6, 6.07) is 13.9. The molecule has 1 atom stereocenters. The van der Waals surface area contributed by atoms with Crippen LogP contribution in [0.1, 0.15) is 44.4 Å². The van der Waals surface area contributed by atoms with Crippen LogP contribution in [0.15, 0.2) is 48.5 Å². The van der Waals surface area contributed by atoms with Gasteiger partial charge in [-0.2, -0.15) is 0 Å². The van der Waals surface area contributed by atoms with E-state index < -0.39 is 34.1 Å². The van der Waals surface area contributed by atoms with Gasteiger partial charge in [0.15, 0.2) is 0 Å². The largest absolute Gasteiger partial charge is 0.350 e. The summed E-state index contributed by atoms with van der Waals surface area (Å²) in [5, 5.41) is 2.91. The number of carbonyl (C=O) groups excluding carboxylic acids is 2. The highest BCUT2D eigenvalue weighted by Gasteiger charge is 2.31. The lowest BCUT2D eigenvalue weighted by Crippen LogP contribution is -2.54. The molecule has 0 fully saturated rings. The van der Waals surface area contributed by atoms with Crippen molar-refractivity contribution in [2.24, 2.45) is 0 Å². The SMILES string of the molecule is Cc1ccc(CN(C(=O)CN(c2cccc(C)c2)S(C)(=O)=O)[C@@H](C)C(=O)NC(C)(C)C)cc1. The van der Waals surface area contributed by atoms with Crippen LogP contribution in [0.25, 0.3) is 0 Å². The van der Waals surface area contributed by atoms with Gasteiger partial charge >= 0.3 is 0 Å². The first-order chi connectivity index (χ1) is 15.2. The number of carbonyl (C=O) groups is 2. The van der Waals surface area contributed by atoms with Crippen LogP contribution in [0.3, 0.4) is 0 Å². The highest BCUT2D eigenvalue weighted by Crippen LogP contribution is 2.20. The molecule has 7 nitrogen and oxygen atoms in total. The molecule has 0 aliphatic heterocycles. The van der Waals surface area contributed by atoms with E-state index in [1.54, 1.807) is 25.1 Å². The van der Waals surface area contributed by atoms with Gasteiger partial charge in [0.05, 0.1) is 11.9 Å². The molecule has 0 saturated carbocycles. The number of sulfonamides is 1. The second-order valence-corrected chi connectivity index (χ2v) is 11.4. The molecule has 0 aliphatic carbocycles. The van der Waals surface area contributed by atoms with E-state index in [1.807, 2.05) is 65.0 Å². The van der Waals surface area contributed by atoms with Gasteiger partial charge < -0.3 is 10.2 Å². The highest BCUT2D eigenvalue weighted by atomic mass is 32.2. The van der Waals surface area contributed by atoms with E-state index in [-0.39, 0.29) is 12.5 Å². The number of hydrogen-bond acceptors (Lipinski definition) is 4. The lowest BCUT2D eigenvalue weighted by molar-refractivity contribution is -0.140. The maximum absolute atomic E-state index is 13.5. The van der Waals surface area contributed by atoms with Gasteiger partial charge in [0.25, 0.3) is 0 Å². The molecule has 8 heteroatoms. The predicted molar refractivity (Wildman–Crippen MR) is 132 cm³/mol. The van der Waals surface area contributed by atoms with Gasteiger partial charge in [-0.15, -0.1) is 0 Å². The van der Waals surface area contributed by atoms with Crippen LogP contribution in [0.2, 0.25) is 0 Å². The highest BCUT2D eigenvalue weighted by molar-refractivity contribution is 7.92. The summed E-state index contributed by atoms with van der Waals surface area (Å²) < 4.78 is 26.2. The van der Waals surface area contributed by atoms with Crippen LogP contribution in [0.5, 0.6) is 0 Å². The van der Waals surface area contributed by atoms with Crippen molar-refractivity contribution in [2.45, 2.75) is 59.7 Å². The maximum Gasteiger partial charge on any atom is 0.244 e. The molecule has 0 aliphatic rings.